The number of H-pyrrole nitrogens is 1. The number of benzene rings is 2. The normalized spacial score (nSPS) is 14.8. The molecule has 0 spiro atoms. The number of nitriles is 1. The monoisotopic (exact) mass is 601 g/mol. The summed E-state index contributed by atoms with van der Waals surface area (Å²) < 4.78 is 86.4. The molecule has 2 aromatic carbocycles. The van der Waals surface area contributed by atoms with Crippen LogP contribution >= 0.6 is 0 Å². The van der Waals surface area contributed by atoms with Crippen molar-refractivity contribution < 1.29 is 34.4 Å². The van der Waals surface area contributed by atoms with Gasteiger partial charge in [-0.15, -0.1) is 13.2 Å². The first-order chi connectivity index (χ1) is 19.9. The number of piperidine rings is 1. The minimum absolute atomic E-state index is 0.0546. The molecule has 0 unspecified atom stereocenters. The number of nitrogens with zero attached hydrogens (tertiary/aromatic N) is 3. The fraction of sp³-hybridized carbons (Fsp3) is 0.222. The molecule has 1 saturated heterocycles. The topological polar surface area (TPSA) is 139 Å². The van der Waals surface area contributed by atoms with Crippen molar-refractivity contribution in [3.05, 3.63) is 64.6 Å². The first kappa shape index (κ1) is 27.5. The quantitative estimate of drug-likeness (QED) is 0.212. The van der Waals surface area contributed by atoms with Crippen LogP contribution in [0.25, 0.3) is 44.0 Å². The van der Waals surface area contributed by atoms with Crippen molar-refractivity contribution in [3.63, 3.8) is 0 Å². The van der Waals surface area contributed by atoms with E-state index in [1.165, 1.54) is 6.07 Å². The first-order valence-electron chi connectivity index (χ1n) is 12.6. The molecule has 2 N–H and O–H groups in total. The Morgan fingerprint density at radius 2 is 1.83 bits per heavy atom. The summed E-state index contributed by atoms with van der Waals surface area (Å²) in [6, 6.07) is 9.94. The first-order valence-corrected chi connectivity index (χ1v) is 13.9. The molecule has 1 fully saturated rings. The molecule has 0 atom stereocenters. The molecule has 10 nitrogen and oxygen atoms in total. The van der Waals surface area contributed by atoms with E-state index < -0.39 is 33.8 Å². The van der Waals surface area contributed by atoms with Crippen molar-refractivity contribution in [1.29, 1.82) is 5.26 Å². The SMILES string of the molecule is N#Cc1ccc2c(c1)[nH]c1c2c(=O)c2cc(OC(F)(F)F)c(-c3cncc(OS(=O)(=O)F)c3)cc2n1C1CCNCC1. The number of ether oxygens (including phenoxy) is 1. The zero-order valence-corrected chi connectivity index (χ0v) is 22.1. The molecular formula is C27H19F4N5O5S. The smallest absolute Gasteiger partial charge is 0.405 e. The van der Waals surface area contributed by atoms with Gasteiger partial charge in [-0.05, 0) is 56.3 Å². The van der Waals surface area contributed by atoms with Crippen molar-refractivity contribution >= 4 is 43.3 Å². The predicted octanol–water partition coefficient (Wildman–Crippen LogP) is 4.99. The molecule has 6 rings (SSSR count). The van der Waals surface area contributed by atoms with Gasteiger partial charge in [0, 0.05) is 34.3 Å². The van der Waals surface area contributed by atoms with Crippen molar-refractivity contribution in [2.24, 2.45) is 0 Å². The Labute approximate surface area is 234 Å². The van der Waals surface area contributed by atoms with Crippen LogP contribution in [0.15, 0.2) is 53.6 Å². The minimum atomic E-state index is -5.45. The molecule has 42 heavy (non-hydrogen) atoms. The Hall–Kier alpha value is -4.68. The molecule has 5 aromatic rings. The van der Waals surface area contributed by atoms with Gasteiger partial charge in [-0.1, -0.05) is 9.95 Å². The lowest BCUT2D eigenvalue weighted by molar-refractivity contribution is -0.274. The van der Waals surface area contributed by atoms with Gasteiger partial charge in [0.1, 0.15) is 11.4 Å². The summed E-state index contributed by atoms with van der Waals surface area (Å²) in [7, 11) is -5.45. The van der Waals surface area contributed by atoms with E-state index in [4.69, 9.17) is 0 Å². The van der Waals surface area contributed by atoms with Gasteiger partial charge < -0.3 is 23.8 Å². The number of halogens is 4. The molecule has 3 aromatic heterocycles. The number of fused-ring (bicyclic) bond motifs is 4. The summed E-state index contributed by atoms with van der Waals surface area (Å²) in [5, 5.41) is 13.3. The lowest BCUT2D eigenvalue weighted by atomic mass is 9.99. The number of nitrogens with one attached hydrogen (secondary N) is 2. The van der Waals surface area contributed by atoms with Gasteiger partial charge in [0.2, 0.25) is 0 Å². The second kappa shape index (κ2) is 10.00. The third-order valence-electron chi connectivity index (χ3n) is 7.10. The highest BCUT2D eigenvalue weighted by molar-refractivity contribution is 7.81. The molecule has 0 amide bonds. The number of aromatic amines is 1. The second-order valence-corrected chi connectivity index (χ2v) is 10.7. The van der Waals surface area contributed by atoms with E-state index in [9.17, 15) is 35.5 Å². The van der Waals surface area contributed by atoms with Gasteiger partial charge in [0.25, 0.3) is 0 Å². The van der Waals surface area contributed by atoms with Crippen LogP contribution in [0, 0.1) is 11.3 Å². The standard InChI is InChI=1S/C27H19F4N5O5S/c28-27(29,30)40-23-10-20-22(9-19(23)15-8-17(13-34-12-15)41-42(31,38)39)36(16-3-5-33-6-4-16)26-24(25(20)37)18-2-1-14(11-32)7-21(18)35-26/h1-2,7-10,12-13,16,33,35H,3-6H2. The van der Waals surface area contributed by atoms with Crippen LogP contribution in [0.3, 0.4) is 0 Å². The number of hydrogen-bond acceptors (Lipinski definition) is 8. The van der Waals surface area contributed by atoms with Gasteiger partial charge in [-0.2, -0.15) is 13.7 Å². The van der Waals surface area contributed by atoms with E-state index in [1.54, 1.807) is 18.2 Å². The largest absolute Gasteiger partial charge is 0.573 e. The van der Waals surface area contributed by atoms with Crippen molar-refractivity contribution in [3.8, 4) is 28.7 Å². The number of alkyl halides is 3. The molecule has 0 aliphatic carbocycles. The summed E-state index contributed by atoms with van der Waals surface area (Å²) in [5.41, 5.74) is 0.730. The Kier molecular flexibility index (Phi) is 6.54. The maximum atomic E-state index is 13.9. The van der Waals surface area contributed by atoms with Crippen LogP contribution in [-0.2, 0) is 10.5 Å². The average Bonchev–Trinajstić information content (AvgIpc) is 3.30. The van der Waals surface area contributed by atoms with Gasteiger partial charge >= 0.3 is 16.9 Å². The summed E-state index contributed by atoms with van der Waals surface area (Å²) in [6.07, 6.45) is -1.87. The van der Waals surface area contributed by atoms with Gasteiger partial charge in [0.05, 0.1) is 34.1 Å². The van der Waals surface area contributed by atoms with Crippen LogP contribution in [0.2, 0.25) is 0 Å². The molecule has 0 bridgehead atoms. The zero-order chi connectivity index (χ0) is 29.8. The summed E-state index contributed by atoms with van der Waals surface area (Å²) in [5.74, 6) is -1.33. The van der Waals surface area contributed by atoms with Crippen LogP contribution < -0.4 is 19.7 Å². The Morgan fingerprint density at radius 3 is 2.52 bits per heavy atom. The zero-order valence-electron chi connectivity index (χ0n) is 21.3. The number of rotatable bonds is 5. The molecule has 4 heterocycles. The third-order valence-corrected chi connectivity index (χ3v) is 7.49. The molecule has 0 saturated carbocycles. The summed E-state index contributed by atoms with van der Waals surface area (Å²) in [6.45, 7) is 1.31. The van der Waals surface area contributed by atoms with Crippen LogP contribution in [0.5, 0.6) is 11.5 Å². The van der Waals surface area contributed by atoms with Crippen LogP contribution in [-0.4, -0.2) is 42.4 Å². The van der Waals surface area contributed by atoms with E-state index in [-0.39, 0.29) is 33.5 Å². The number of hydrogen-bond donors (Lipinski definition) is 2. The lowest BCUT2D eigenvalue weighted by Crippen LogP contribution is -2.30. The fourth-order valence-electron chi connectivity index (χ4n) is 5.47. The highest BCUT2D eigenvalue weighted by Gasteiger charge is 2.33. The molecular weight excluding hydrogens is 582 g/mol. The van der Waals surface area contributed by atoms with Crippen molar-refractivity contribution in [1.82, 2.24) is 19.9 Å². The Morgan fingerprint density at radius 1 is 1.07 bits per heavy atom. The second-order valence-electron chi connectivity index (χ2n) is 9.70. The molecule has 0 radical (unpaired) electrons. The number of pyridine rings is 2. The maximum Gasteiger partial charge on any atom is 0.573 e. The Balaban J connectivity index is 1.72. The summed E-state index contributed by atoms with van der Waals surface area (Å²) >= 11 is 0. The molecule has 216 valence electrons. The van der Waals surface area contributed by atoms with E-state index in [1.807, 2.05) is 10.6 Å². The fourth-order valence-corrected chi connectivity index (χ4v) is 5.79. The van der Waals surface area contributed by atoms with Crippen molar-refractivity contribution in [2.45, 2.75) is 25.2 Å². The van der Waals surface area contributed by atoms with E-state index in [0.717, 1.165) is 24.5 Å². The number of aromatic nitrogens is 3. The predicted molar refractivity (Wildman–Crippen MR) is 144 cm³/mol. The van der Waals surface area contributed by atoms with Crippen LogP contribution in [0.4, 0.5) is 17.1 Å². The highest BCUT2D eigenvalue weighted by Crippen LogP contribution is 2.40. The molecule has 1 aliphatic heterocycles. The van der Waals surface area contributed by atoms with E-state index >= 15 is 0 Å². The molecule has 15 heteroatoms. The Bertz CT molecular complexity index is 2090. The minimum Gasteiger partial charge on any atom is -0.405 e. The third kappa shape index (κ3) is 5.10. The highest BCUT2D eigenvalue weighted by atomic mass is 32.3. The van der Waals surface area contributed by atoms with E-state index in [2.05, 4.69) is 24.2 Å². The maximum absolute atomic E-state index is 13.9. The van der Waals surface area contributed by atoms with E-state index in [0.29, 0.717) is 48.0 Å². The molecule has 1 aliphatic rings. The van der Waals surface area contributed by atoms with Gasteiger partial charge in [0.15, 0.2) is 11.2 Å². The average molecular weight is 602 g/mol. The van der Waals surface area contributed by atoms with Crippen LogP contribution in [0.1, 0.15) is 24.4 Å². The summed E-state index contributed by atoms with van der Waals surface area (Å²) in [4.78, 5) is 21.0. The van der Waals surface area contributed by atoms with Gasteiger partial charge in [-0.25, -0.2) is 0 Å². The lowest BCUT2D eigenvalue weighted by Gasteiger charge is -2.28. The van der Waals surface area contributed by atoms with Crippen molar-refractivity contribution in [2.75, 3.05) is 13.1 Å². The van der Waals surface area contributed by atoms with Gasteiger partial charge in [-0.3, -0.25) is 9.78 Å².